The lowest BCUT2D eigenvalue weighted by Gasteiger charge is -2.26. The summed E-state index contributed by atoms with van der Waals surface area (Å²) in [6.45, 7) is 6.94. The first kappa shape index (κ1) is 25.3. The highest BCUT2D eigenvalue weighted by molar-refractivity contribution is 7.90. The monoisotopic (exact) mass is 435 g/mol. The number of hydrogen-bond donors (Lipinski definition) is 2. The van der Waals surface area contributed by atoms with Crippen molar-refractivity contribution in [3.8, 4) is 0 Å². The number of benzene rings is 1. The number of halogens is 3. The van der Waals surface area contributed by atoms with Crippen LogP contribution in [0.15, 0.2) is 29.3 Å². The highest BCUT2D eigenvalue weighted by Crippen LogP contribution is 2.31. The summed E-state index contributed by atoms with van der Waals surface area (Å²) in [7, 11) is -1.37. The molecule has 9 heteroatoms. The predicted octanol–water partition coefficient (Wildman–Crippen LogP) is 3.82. The molecule has 1 unspecified atom stereocenters. The number of guanidine groups is 1. The predicted molar refractivity (Wildman–Crippen MR) is 112 cm³/mol. The lowest BCUT2D eigenvalue weighted by molar-refractivity contribution is -0.137. The fourth-order valence-corrected chi connectivity index (χ4v) is 3.61. The Hall–Kier alpha value is -1.77. The van der Waals surface area contributed by atoms with Gasteiger partial charge in [0.1, 0.15) is 9.84 Å². The van der Waals surface area contributed by atoms with Gasteiger partial charge in [0.05, 0.1) is 11.3 Å². The lowest BCUT2D eigenvalue weighted by Crippen LogP contribution is -2.42. The maximum absolute atomic E-state index is 12.9. The van der Waals surface area contributed by atoms with Crippen molar-refractivity contribution in [2.24, 2.45) is 10.4 Å². The second-order valence-corrected chi connectivity index (χ2v) is 10.5. The molecule has 0 heterocycles. The normalized spacial score (nSPS) is 14.6. The van der Waals surface area contributed by atoms with Crippen LogP contribution in [0.25, 0.3) is 0 Å². The summed E-state index contributed by atoms with van der Waals surface area (Å²) in [5, 5.41) is 6.34. The van der Waals surface area contributed by atoms with Crippen molar-refractivity contribution in [2.45, 2.75) is 45.7 Å². The van der Waals surface area contributed by atoms with Crippen LogP contribution in [0.3, 0.4) is 0 Å². The summed E-state index contributed by atoms with van der Waals surface area (Å²) in [6.07, 6.45) is -1.95. The van der Waals surface area contributed by atoms with Gasteiger partial charge in [-0.15, -0.1) is 0 Å². The van der Waals surface area contributed by atoms with Crippen molar-refractivity contribution in [2.75, 3.05) is 32.1 Å². The number of sulfone groups is 1. The first-order chi connectivity index (χ1) is 13.2. The van der Waals surface area contributed by atoms with Crippen molar-refractivity contribution in [1.82, 2.24) is 10.6 Å². The molecule has 0 aliphatic carbocycles. The van der Waals surface area contributed by atoms with E-state index in [0.29, 0.717) is 37.5 Å². The molecule has 166 valence electrons. The van der Waals surface area contributed by atoms with Crippen molar-refractivity contribution in [3.63, 3.8) is 0 Å². The van der Waals surface area contributed by atoms with E-state index in [9.17, 15) is 21.6 Å². The van der Waals surface area contributed by atoms with E-state index in [2.05, 4.69) is 15.6 Å². The first-order valence-electron chi connectivity index (χ1n) is 9.53. The molecule has 0 saturated carbocycles. The van der Waals surface area contributed by atoms with Gasteiger partial charge in [-0.3, -0.25) is 4.99 Å². The van der Waals surface area contributed by atoms with Crippen LogP contribution in [0.1, 0.15) is 50.7 Å². The van der Waals surface area contributed by atoms with Crippen LogP contribution in [0.4, 0.5) is 13.2 Å². The van der Waals surface area contributed by atoms with E-state index in [-0.39, 0.29) is 17.1 Å². The summed E-state index contributed by atoms with van der Waals surface area (Å²) in [5.41, 5.74) is -0.221. The van der Waals surface area contributed by atoms with Gasteiger partial charge in [0.15, 0.2) is 5.96 Å². The van der Waals surface area contributed by atoms with Crippen molar-refractivity contribution in [3.05, 3.63) is 35.4 Å². The van der Waals surface area contributed by atoms with E-state index in [1.165, 1.54) is 18.4 Å². The van der Waals surface area contributed by atoms with Crippen LogP contribution in [-0.2, 0) is 16.0 Å². The Morgan fingerprint density at radius 3 is 2.41 bits per heavy atom. The van der Waals surface area contributed by atoms with E-state index in [1.807, 2.05) is 20.8 Å². The Labute approximate surface area is 172 Å². The van der Waals surface area contributed by atoms with Crippen LogP contribution in [0.2, 0.25) is 0 Å². The molecule has 1 atom stereocenters. The number of aliphatic imine (C=N–C) groups is 1. The second kappa shape index (κ2) is 10.3. The van der Waals surface area contributed by atoms with Gasteiger partial charge in [-0.25, -0.2) is 8.42 Å². The molecule has 0 bridgehead atoms. The molecule has 0 spiro atoms. The number of hydrogen-bond acceptors (Lipinski definition) is 3. The first-order valence-corrected chi connectivity index (χ1v) is 11.6. The molecule has 0 aliphatic rings. The largest absolute Gasteiger partial charge is 0.416 e. The molecule has 1 aromatic rings. The molecular formula is C20H32F3N3O2S. The zero-order valence-corrected chi connectivity index (χ0v) is 18.5. The fourth-order valence-electron chi connectivity index (χ4n) is 2.69. The SMILES string of the molecule is CN=C(NCCC(C)c1cccc(C(F)(F)F)c1)NCC(C)(C)CCS(C)(=O)=O. The average molecular weight is 436 g/mol. The van der Waals surface area contributed by atoms with E-state index < -0.39 is 21.6 Å². The van der Waals surface area contributed by atoms with Crippen molar-refractivity contribution >= 4 is 15.8 Å². The van der Waals surface area contributed by atoms with Gasteiger partial charge in [0.2, 0.25) is 0 Å². The Morgan fingerprint density at radius 1 is 1.21 bits per heavy atom. The standard InChI is InChI=1S/C20H32F3N3O2S/c1-15(16-7-6-8-17(13-16)20(21,22)23)9-11-25-18(24-4)26-14-19(2,3)10-12-29(5,27)28/h6-8,13,15H,9-12,14H2,1-5H3,(H2,24,25,26). The van der Waals surface area contributed by atoms with Crippen LogP contribution in [-0.4, -0.2) is 46.5 Å². The molecule has 0 amide bonds. The van der Waals surface area contributed by atoms with E-state index in [0.717, 1.165) is 6.07 Å². The number of nitrogens with zero attached hydrogens (tertiary/aromatic N) is 1. The molecule has 0 fully saturated rings. The highest BCUT2D eigenvalue weighted by atomic mass is 32.2. The van der Waals surface area contributed by atoms with Gasteiger partial charge in [0, 0.05) is 26.4 Å². The third-order valence-corrected chi connectivity index (χ3v) is 5.71. The number of alkyl halides is 3. The lowest BCUT2D eigenvalue weighted by atomic mass is 9.90. The summed E-state index contributed by atoms with van der Waals surface area (Å²) in [6, 6.07) is 5.41. The molecule has 0 radical (unpaired) electrons. The minimum Gasteiger partial charge on any atom is -0.356 e. The summed E-state index contributed by atoms with van der Waals surface area (Å²) in [5.74, 6) is 0.658. The maximum atomic E-state index is 12.9. The molecule has 2 N–H and O–H groups in total. The molecule has 29 heavy (non-hydrogen) atoms. The van der Waals surface area contributed by atoms with Gasteiger partial charge in [-0.05, 0) is 35.8 Å². The third-order valence-electron chi connectivity index (χ3n) is 4.76. The van der Waals surface area contributed by atoms with Gasteiger partial charge < -0.3 is 10.6 Å². The van der Waals surface area contributed by atoms with Crippen molar-refractivity contribution < 1.29 is 21.6 Å². The van der Waals surface area contributed by atoms with E-state index >= 15 is 0 Å². The fraction of sp³-hybridized carbons (Fsp3) is 0.650. The number of nitrogens with one attached hydrogen (secondary N) is 2. The molecular weight excluding hydrogens is 403 g/mol. The smallest absolute Gasteiger partial charge is 0.356 e. The second-order valence-electron chi connectivity index (χ2n) is 8.21. The van der Waals surface area contributed by atoms with Crippen LogP contribution >= 0.6 is 0 Å². The Balaban J connectivity index is 2.51. The minimum atomic E-state index is -4.34. The summed E-state index contributed by atoms with van der Waals surface area (Å²) < 4.78 is 61.3. The minimum absolute atomic E-state index is 0.0471. The Morgan fingerprint density at radius 2 is 1.86 bits per heavy atom. The zero-order valence-electron chi connectivity index (χ0n) is 17.7. The van der Waals surface area contributed by atoms with Gasteiger partial charge in [-0.2, -0.15) is 13.2 Å². The van der Waals surface area contributed by atoms with Crippen LogP contribution in [0, 0.1) is 5.41 Å². The van der Waals surface area contributed by atoms with E-state index in [1.54, 1.807) is 13.1 Å². The molecule has 0 aromatic heterocycles. The topological polar surface area (TPSA) is 70.6 Å². The van der Waals surface area contributed by atoms with Gasteiger partial charge in [0.25, 0.3) is 0 Å². The quantitative estimate of drug-likeness (QED) is 0.457. The number of rotatable bonds is 9. The molecule has 1 rings (SSSR count). The molecule has 5 nitrogen and oxygen atoms in total. The van der Waals surface area contributed by atoms with Gasteiger partial charge in [-0.1, -0.05) is 39.0 Å². The highest BCUT2D eigenvalue weighted by Gasteiger charge is 2.30. The summed E-state index contributed by atoms with van der Waals surface area (Å²) in [4.78, 5) is 4.14. The Bertz CT molecular complexity index is 790. The van der Waals surface area contributed by atoms with Gasteiger partial charge >= 0.3 is 6.18 Å². The maximum Gasteiger partial charge on any atom is 0.416 e. The van der Waals surface area contributed by atoms with Crippen LogP contribution < -0.4 is 10.6 Å². The third kappa shape index (κ3) is 10.0. The summed E-state index contributed by atoms with van der Waals surface area (Å²) >= 11 is 0. The van der Waals surface area contributed by atoms with E-state index in [4.69, 9.17) is 0 Å². The molecule has 0 aliphatic heterocycles. The zero-order chi connectivity index (χ0) is 22.3. The molecule has 0 saturated heterocycles. The van der Waals surface area contributed by atoms with Crippen molar-refractivity contribution in [1.29, 1.82) is 0 Å². The van der Waals surface area contributed by atoms with Crippen LogP contribution in [0.5, 0.6) is 0 Å². The average Bonchev–Trinajstić information content (AvgIpc) is 2.61. The Kier molecular flexibility index (Phi) is 8.99. The molecule has 1 aromatic carbocycles.